The average molecular weight is 411 g/mol. The number of thiazole rings is 1. The van der Waals surface area contributed by atoms with Gasteiger partial charge in [0.15, 0.2) is 0 Å². The van der Waals surface area contributed by atoms with E-state index in [1.165, 1.54) is 11.5 Å². The molecule has 0 aliphatic carbocycles. The number of hydrogen-bond donors (Lipinski definition) is 3. The van der Waals surface area contributed by atoms with E-state index in [0.717, 1.165) is 29.6 Å². The summed E-state index contributed by atoms with van der Waals surface area (Å²) in [5.74, 6) is -3.01. The van der Waals surface area contributed by atoms with Gasteiger partial charge in [0.25, 0.3) is 0 Å². The highest BCUT2D eigenvalue weighted by Crippen LogP contribution is 2.22. The second kappa shape index (κ2) is 10.3. The zero-order chi connectivity index (χ0) is 19.6. The SMILES string of the molecule is NCCCN(Cc1nccs1)c1nc(-n2ccnc2)ns1.O=C(O)C(=O)O. The quantitative estimate of drug-likeness (QED) is 0.472. The Morgan fingerprint density at radius 3 is 2.59 bits per heavy atom. The fraction of sp³-hybridized carbons (Fsp3) is 0.286. The first-order valence-corrected chi connectivity index (χ1v) is 9.28. The van der Waals surface area contributed by atoms with Gasteiger partial charge in [-0.3, -0.25) is 4.57 Å². The lowest BCUT2D eigenvalue weighted by molar-refractivity contribution is -0.159. The molecule has 4 N–H and O–H groups in total. The molecule has 0 aliphatic heterocycles. The summed E-state index contributed by atoms with van der Waals surface area (Å²) in [5, 5.41) is 18.7. The van der Waals surface area contributed by atoms with Crippen molar-refractivity contribution in [2.75, 3.05) is 18.0 Å². The van der Waals surface area contributed by atoms with Crippen molar-refractivity contribution in [2.24, 2.45) is 5.73 Å². The molecule has 13 heteroatoms. The molecule has 0 unspecified atom stereocenters. The van der Waals surface area contributed by atoms with Crippen LogP contribution in [0.4, 0.5) is 5.13 Å². The van der Waals surface area contributed by atoms with Crippen molar-refractivity contribution >= 4 is 39.9 Å². The van der Waals surface area contributed by atoms with Crippen LogP contribution in [-0.4, -0.2) is 59.1 Å². The summed E-state index contributed by atoms with van der Waals surface area (Å²) in [5.41, 5.74) is 5.63. The van der Waals surface area contributed by atoms with E-state index in [1.54, 1.807) is 28.4 Å². The van der Waals surface area contributed by atoms with Gasteiger partial charge in [-0.2, -0.15) is 9.36 Å². The standard InChI is InChI=1S/C12H15N7S2.C2H2O4/c13-2-1-5-18(8-10-15-4-7-20-10)12-16-11(17-21-12)19-6-3-14-9-19;3-1(4)2(5)6/h3-4,6-7,9H,1-2,5,8,13H2;(H,3,4)(H,5,6). The van der Waals surface area contributed by atoms with Crippen molar-refractivity contribution in [1.29, 1.82) is 0 Å². The molecular formula is C14H17N7O4S2. The van der Waals surface area contributed by atoms with Crippen LogP contribution in [0.15, 0.2) is 30.3 Å². The summed E-state index contributed by atoms with van der Waals surface area (Å²) in [7, 11) is 0. The number of carboxylic acid groups (broad SMARTS) is 2. The molecule has 0 saturated heterocycles. The molecule has 11 nitrogen and oxygen atoms in total. The fourth-order valence-corrected chi connectivity index (χ4v) is 3.16. The van der Waals surface area contributed by atoms with Gasteiger partial charge in [0.05, 0.1) is 6.54 Å². The van der Waals surface area contributed by atoms with Crippen molar-refractivity contribution < 1.29 is 19.8 Å². The molecule has 0 aromatic carbocycles. The molecule has 144 valence electrons. The Morgan fingerprint density at radius 1 is 1.26 bits per heavy atom. The minimum atomic E-state index is -1.82. The summed E-state index contributed by atoms with van der Waals surface area (Å²) in [6.45, 7) is 2.23. The van der Waals surface area contributed by atoms with Gasteiger partial charge in [-0.25, -0.2) is 19.6 Å². The molecule has 3 rings (SSSR count). The number of carbonyl (C=O) groups is 2. The maximum absolute atomic E-state index is 9.10. The molecule has 3 aromatic rings. The third-order valence-corrected chi connectivity index (χ3v) is 4.57. The van der Waals surface area contributed by atoms with Gasteiger partial charge in [-0.15, -0.1) is 11.3 Å². The molecule has 0 spiro atoms. The lowest BCUT2D eigenvalue weighted by atomic mass is 10.4. The Hall–Kier alpha value is -2.90. The molecular weight excluding hydrogens is 394 g/mol. The highest BCUT2D eigenvalue weighted by Gasteiger charge is 2.14. The predicted molar refractivity (Wildman–Crippen MR) is 99.1 cm³/mol. The average Bonchev–Trinajstić information content (AvgIpc) is 3.41. The van der Waals surface area contributed by atoms with Gasteiger partial charge in [-0.1, -0.05) is 0 Å². The van der Waals surface area contributed by atoms with Gasteiger partial charge in [0, 0.05) is 42.0 Å². The number of aliphatic carboxylic acids is 2. The Bertz CT molecular complexity index is 824. The van der Waals surface area contributed by atoms with Crippen LogP contribution in [-0.2, 0) is 16.1 Å². The Kier molecular flexibility index (Phi) is 7.79. The number of imidazole rings is 1. The second-order valence-electron chi connectivity index (χ2n) is 4.95. The number of nitrogens with zero attached hydrogens (tertiary/aromatic N) is 6. The summed E-state index contributed by atoms with van der Waals surface area (Å²) in [4.78, 5) is 33.3. The van der Waals surface area contributed by atoms with E-state index < -0.39 is 11.9 Å². The van der Waals surface area contributed by atoms with Crippen LogP contribution in [0.25, 0.3) is 5.95 Å². The fourth-order valence-electron chi connectivity index (χ4n) is 1.84. The first kappa shape index (κ1) is 20.4. The topological polar surface area (TPSA) is 160 Å². The van der Waals surface area contributed by atoms with E-state index in [4.69, 9.17) is 25.5 Å². The largest absolute Gasteiger partial charge is 0.473 e. The molecule has 0 aliphatic rings. The zero-order valence-corrected chi connectivity index (χ0v) is 15.6. The maximum atomic E-state index is 9.10. The minimum Gasteiger partial charge on any atom is -0.473 e. The molecule has 0 radical (unpaired) electrons. The summed E-state index contributed by atoms with van der Waals surface area (Å²) < 4.78 is 6.18. The van der Waals surface area contributed by atoms with Crippen molar-refractivity contribution in [3.05, 3.63) is 35.3 Å². The molecule has 3 heterocycles. The normalized spacial score (nSPS) is 10.1. The van der Waals surface area contributed by atoms with Gasteiger partial charge in [-0.05, 0) is 13.0 Å². The molecule has 0 amide bonds. The molecule has 0 saturated carbocycles. The van der Waals surface area contributed by atoms with Gasteiger partial charge in [0.2, 0.25) is 11.1 Å². The van der Waals surface area contributed by atoms with Gasteiger partial charge >= 0.3 is 11.9 Å². The van der Waals surface area contributed by atoms with E-state index in [0.29, 0.717) is 12.5 Å². The van der Waals surface area contributed by atoms with Crippen LogP contribution in [0.1, 0.15) is 11.4 Å². The summed E-state index contributed by atoms with van der Waals surface area (Å²) >= 11 is 3.02. The van der Waals surface area contributed by atoms with Crippen molar-refractivity contribution in [1.82, 2.24) is 23.9 Å². The van der Waals surface area contributed by atoms with Crippen LogP contribution in [0.5, 0.6) is 0 Å². The number of aromatic nitrogens is 5. The Labute approximate surface area is 161 Å². The Morgan fingerprint density at radius 2 is 2.04 bits per heavy atom. The number of carboxylic acids is 2. The van der Waals surface area contributed by atoms with Crippen LogP contribution in [0.3, 0.4) is 0 Å². The molecule has 0 bridgehead atoms. The van der Waals surface area contributed by atoms with E-state index in [2.05, 4.69) is 24.2 Å². The van der Waals surface area contributed by atoms with Crippen LogP contribution in [0, 0.1) is 0 Å². The van der Waals surface area contributed by atoms with Gasteiger partial charge < -0.3 is 20.8 Å². The number of hydrogen-bond acceptors (Lipinski definition) is 10. The van der Waals surface area contributed by atoms with E-state index >= 15 is 0 Å². The maximum Gasteiger partial charge on any atom is 0.414 e. The first-order valence-electron chi connectivity index (χ1n) is 7.63. The van der Waals surface area contributed by atoms with Crippen LogP contribution in [0.2, 0.25) is 0 Å². The third-order valence-electron chi connectivity index (χ3n) is 3.04. The zero-order valence-electron chi connectivity index (χ0n) is 14.0. The predicted octanol–water partition coefficient (Wildman–Crippen LogP) is 0.691. The Balaban J connectivity index is 0.000000380. The van der Waals surface area contributed by atoms with Crippen molar-refractivity contribution in [3.63, 3.8) is 0 Å². The number of nitrogens with two attached hydrogens (primary N) is 1. The van der Waals surface area contributed by atoms with E-state index in [1.807, 2.05) is 17.8 Å². The van der Waals surface area contributed by atoms with Gasteiger partial charge in [0.1, 0.15) is 11.3 Å². The lowest BCUT2D eigenvalue weighted by Crippen LogP contribution is -2.25. The van der Waals surface area contributed by atoms with E-state index in [9.17, 15) is 0 Å². The summed E-state index contributed by atoms with van der Waals surface area (Å²) in [6, 6.07) is 0. The molecule has 0 atom stereocenters. The molecule has 3 aromatic heterocycles. The molecule has 0 fully saturated rings. The summed E-state index contributed by atoms with van der Waals surface area (Å²) in [6.07, 6.45) is 7.96. The third kappa shape index (κ3) is 6.40. The molecule has 27 heavy (non-hydrogen) atoms. The number of anilines is 1. The monoisotopic (exact) mass is 411 g/mol. The second-order valence-corrected chi connectivity index (χ2v) is 6.66. The van der Waals surface area contributed by atoms with Crippen molar-refractivity contribution in [3.8, 4) is 5.95 Å². The highest BCUT2D eigenvalue weighted by molar-refractivity contribution is 7.10. The lowest BCUT2D eigenvalue weighted by Gasteiger charge is -2.19. The minimum absolute atomic E-state index is 0.643. The smallest absolute Gasteiger partial charge is 0.414 e. The number of rotatable bonds is 7. The van der Waals surface area contributed by atoms with E-state index in [-0.39, 0.29) is 0 Å². The van der Waals surface area contributed by atoms with Crippen LogP contribution < -0.4 is 10.6 Å². The van der Waals surface area contributed by atoms with Crippen LogP contribution >= 0.6 is 22.9 Å². The first-order chi connectivity index (χ1) is 13.0. The highest BCUT2D eigenvalue weighted by atomic mass is 32.1. The van der Waals surface area contributed by atoms with Crippen molar-refractivity contribution in [2.45, 2.75) is 13.0 Å².